The first-order valence-corrected chi connectivity index (χ1v) is 14.0. The van der Waals surface area contributed by atoms with E-state index in [1.807, 2.05) is 0 Å². The van der Waals surface area contributed by atoms with Crippen LogP contribution >= 0.6 is 0 Å². The molecule has 1 aromatic carbocycles. The number of ether oxygens (including phenoxy) is 2. The predicted octanol–water partition coefficient (Wildman–Crippen LogP) is 1.87. The molecule has 4 N–H and O–H groups in total. The highest BCUT2D eigenvalue weighted by atomic mass is 19.4. The number of nitrogens with one attached hydrogen (secondary N) is 4. The minimum atomic E-state index is -5.29. The van der Waals surface area contributed by atoms with Crippen LogP contribution in [0.5, 0.6) is 0 Å². The number of alkyl halides is 3. The summed E-state index contributed by atoms with van der Waals surface area (Å²) in [4.78, 5) is 75.6. The van der Waals surface area contributed by atoms with Crippen molar-refractivity contribution in [2.45, 2.75) is 90.3 Å². The number of carbonyl (C=O) groups excluding carboxylic acids is 6. The number of methoxy groups -OCH3 is 1. The van der Waals surface area contributed by atoms with Crippen LogP contribution in [0.25, 0.3) is 0 Å². The van der Waals surface area contributed by atoms with Gasteiger partial charge in [-0.3, -0.25) is 19.2 Å². The molecule has 0 aromatic heterocycles. The van der Waals surface area contributed by atoms with Crippen molar-refractivity contribution < 1.29 is 51.4 Å². The number of esters is 2. The monoisotopic (exact) mass is 642 g/mol. The van der Waals surface area contributed by atoms with Crippen LogP contribution in [-0.2, 0) is 44.7 Å². The molecule has 0 bridgehead atoms. The molecule has 0 radical (unpaired) electrons. The molecule has 0 fully saturated rings. The SMILES string of the molecule is C=C(C[C@@H](NC(=O)[C@H](Cc1ccccc1)NC(=O)C(F)(F)F)C(=O)OC(C)(C)C)C(=O)N[C@H](C(=O)N[C@@H](C)C(=O)OC)C(C)C. The lowest BCUT2D eigenvalue weighted by atomic mass is 10.0. The zero-order chi connectivity index (χ0) is 34.7. The number of rotatable bonds is 14. The van der Waals surface area contributed by atoms with Crippen LogP contribution in [0.15, 0.2) is 42.5 Å². The largest absolute Gasteiger partial charge is 0.471 e. The maximum absolute atomic E-state index is 13.3. The molecule has 0 aliphatic carbocycles. The Kier molecular flexibility index (Phi) is 14.2. The second-order valence-electron chi connectivity index (χ2n) is 11.6. The van der Waals surface area contributed by atoms with E-state index in [0.717, 1.165) is 7.11 Å². The predicted molar refractivity (Wildman–Crippen MR) is 156 cm³/mol. The van der Waals surface area contributed by atoms with Gasteiger partial charge in [-0.2, -0.15) is 13.2 Å². The van der Waals surface area contributed by atoms with Crippen molar-refractivity contribution in [2.24, 2.45) is 5.92 Å². The summed E-state index contributed by atoms with van der Waals surface area (Å²) in [7, 11) is 1.14. The Bertz CT molecular complexity index is 1250. The molecule has 1 aromatic rings. The Balaban J connectivity index is 3.24. The van der Waals surface area contributed by atoms with Crippen LogP contribution in [0.2, 0.25) is 0 Å². The normalized spacial score (nSPS) is 14.2. The van der Waals surface area contributed by atoms with Crippen molar-refractivity contribution in [3.63, 3.8) is 0 Å². The van der Waals surface area contributed by atoms with Gasteiger partial charge in [-0.25, -0.2) is 9.59 Å². The van der Waals surface area contributed by atoms with E-state index >= 15 is 0 Å². The molecule has 4 amide bonds. The van der Waals surface area contributed by atoms with Gasteiger partial charge < -0.3 is 30.7 Å². The van der Waals surface area contributed by atoms with E-state index in [1.54, 1.807) is 37.4 Å². The maximum atomic E-state index is 13.3. The van der Waals surface area contributed by atoms with Crippen LogP contribution < -0.4 is 21.3 Å². The van der Waals surface area contributed by atoms with Crippen LogP contribution in [0.1, 0.15) is 53.5 Å². The summed E-state index contributed by atoms with van der Waals surface area (Å²) in [6.45, 7) is 12.9. The first-order valence-electron chi connectivity index (χ1n) is 14.0. The fraction of sp³-hybridized carbons (Fsp3) is 0.533. The Morgan fingerprint density at radius 2 is 1.40 bits per heavy atom. The average Bonchev–Trinajstić information content (AvgIpc) is 2.93. The Morgan fingerprint density at radius 1 is 0.822 bits per heavy atom. The van der Waals surface area contributed by atoms with Gasteiger partial charge in [-0.15, -0.1) is 0 Å². The molecule has 0 spiro atoms. The highest BCUT2D eigenvalue weighted by Crippen LogP contribution is 2.17. The van der Waals surface area contributed by atoms with E-state index in [-0.39, 0.29) is 12.0 Å². The van der Waals surface area contributed by atoms with Crippen LogP contribution in [0.3, 0.4) is 0 Å². The van der Waals surface area contributed by atoms with Crippen LogP contribution in [0, 0.1) is 5.92 Å². The van der Waals surface area contributed by atoms with E-state index in [9.17, 15) is 41.9 Å². The second kappa shape index (κ2) is 16.6. The van der Waals surface area contributed by atoms with Crippen molar-refractivity contribution in [2.75, 3.05) is 7.11 Å². The van der Waals surface area contributed by atoms with Crippen LogP contribution in [-0.4, -0.2) is 78.6 Å². The summed E-state index contributed by atoms with van der Waals surface area (Å²) in [5.41, 5.74) is -0.934. The third-order valence-corrected chi connectivity index (χ3v) is 6.09. The molecular weight excluding hydrogens is 601 g/mol. The zero-order valence-electron chi connectivity index (χ0n) is 26.3. The minimum Gasteiger partial charge on any atom is -0.467 e. The molecule has 250 valence electrons. The molecule has 15 heteroatoms. The lowest BCUT2D eigenvalue weighted by molar-refractivity contribution is -0.174. The number of benzene rings is 1. The second-order valence-corrected chi connectivity index (χ2v) is 11.6. The van der Waals surface area contributed by atoms with Crippen molar-refractivity contribution in [1.29, 1.82) is 0 Å². The van der Waals surface area contributed by atoms with Gasteiger partial charge in [0.2, 0.25) is 17.7 Å². The molecule has 0 unspecified atom stereocenters. The van der Waals surface area contributed by atoms with Gasteiger partial charge in [0, 0.05) is 18.4 Å². The summed E-state index contributed by atoms with van der Waals surface area (Å²) in [6.07, 6.45) is -6.21. The van der Waals surface area contributed by atoms with Crippen LogP contribution in [0.4, 0.5) is 13.2 Å². The molecule has 0 saturated carbocycles. The highest BCUT2D eigenvalue weighted by molar-refractivity contribution is 5.98. The van der Waals surface area contributed by atoms with Gasteiger partial charge in [0.15, 0.2) is 0 Å². The molecule has 0 aliphatic heterocycles. The third-order valence-electron chi connectivity index (χ3n) is 6.09. The third kappa shape index (κ3) is 13.4. The summed E-state index contributed by atoms with van der Waals surface area (Å²) >= 11 is 0. The van der Waals surface area contributed by atoms with E-state index in [4.69, 9.17) is 4.74 Å². The standard InChI is InChI=1S/C30H41F3N4O8/c1-16(2)22(25(40)34-18(4)26(41)44-8)37-23(38)17(3)14-21(27(42)45-29(5,6)7)35-24(39)20(36-28(43)30(31,32)33)15-19-12-10-9-11-13-19/h9-13,16,18,20-22H,3,14-15H2,1-2,4-8H3,(H,34,40)(H,35,39)(H,36,43)(H,37,38)/t18-,20-,21+,22-/m0/s1. The summed E-state index contributed by atoms with van der Waals surface area (Å²) in [5, 5.41) is 8.82. The first-order chi connectivity index (χ1) is 20.7. The number of hydrogen-bond donors (Lipinski definition) is 4. The number of amides is 4. The molecule has 0 saturated heterocycles. The molecule has 45 heavy (non-hydrogen) atoms. The molecule has 4 atom stereocenters. The highest BCUT2D eigenvalue weighted by Gasteiger charge is 2.41. The molecule has 12 nitrogen and oxygen atoms in total. The van der Waals surface area contributed by atoms with Gasteiger partial charge in [-0.05, 0) is 39.2 Å². The van der Waals surface area contributed by atoms with Crippen molar-refractivity contribution >= 4 is 35.6 Å². The number of carbonyl (C=O) groups is 6. The van der Waals surface area contributed by atoms with Gasteiger partial charge in [0.1, 0.15) is 29.8 Å². The summed E-state index contributed by atoms with van der Waals surface area (Å²) in [6, 6.07) is 2.33. The topological polar surface area (TPSA) is 169 Å². The molecule has 1 rings (SSSR count). The summed E-state index contributed by atoms with van der Waals surface area (Å²) in [5.74, 6) is -7.32. The minimum absolute atomic E-state index is 0.287. The smallest absolute Gasteiger partial charge is 0.467 e. The van der Waals surface area contributed by atoms with Gasteiger partial charge in [0.05, 0.1) is 7.11 Å². The Hall–Kier alpha value is -4.43. The van der Waals surface area contributed by atoms with E-state index < -0.39 is 83.9 Å². The molecule has 0 aliphatic rings. The number of hydrogen-bond acceptors (Lipinski definition) is 8. The van der Waals surface area contributed by atoms with Gasteiger partial charge >= 0.3 is 24.0 Å². The zero-order valence-corrected chi connectivity index (χ0v) is 26.3. The fourth-order valence-corrected chi connectivity index (χ4v) is 3.79. The average molecular weight is 643 g/mol. The molecular formula is C30H41F3N4O8. The quantitative estimate of drug-likeness (QED) is 0.176. The van der Waals surface area contributed by atoms with Gasteiger partial charge in [-0.1, -0.05) is 50.8 Å². The van der Waals surface area contributed by atoms with Gasteiger partial charge in [0.25, 0.3) is 0 Å². The van der Waals surface area contributed by atoms with Crippen molar-refractivity contribution in [3.8, 4) is 0 Å². The summed E-state index contributed by atoms with van der Waals surface area (Å²) < 4.78 is 49.1. The van der Waals surface area contributed by atoms with E-state index in [0.29, 0.717) is 5.56 Å². The lowest BCUT2D eigenvalue weighted by Gasteiger charge is -2.27. The first kappa shape index (κ1) is 38.6. The van der Waals surface area contributed by atoms with E-state index in [2.05, 4.69) is 27.3 Å². The maximum Gasteiger partial charge on any atom is 0.471 e. The fourth-order valence-electron chi connectivity index (χ4n) is 3.79. The Morgan fingerprint density at radius 3 is 1.89 bits per heavy atom. The number of halogens is 3. The Labute approximate surface area is 259 Å². The van der Waals surface area contributed by atoms with E-state index in [1.165, 1.54) is 39.8 Å². The van der Waals surface area contributed by atoms with Crippen molar-refractivity contribution in [1.82, 2.24) is 21.3 Å². The molecule has 0 heterocycles. The van der Waals surface area contributed by atoms with Crippen molar-refractivity contribution in [3.05, 3.63) is 48.0 Å². The lowest BCUT2D eigenvalue weighted by Crippen LogP contribution is -2.56.